The first-order chi connectivity index (χ1) is 5.27. The smallest absolute Gasteiger partial charge is 0.115 e. The Balaban J connectivity index is 0.000000720. The predicted molar refractivity (Wildman–Crippen MR) is 50.6 cm³/mol. The highest BCUT2D eigenvalue weighted by molar-refractivity contribution is 5.85. The van der Waals surface area contributed by atoms with Crippen LogP contribution in [0.5, 0.6) is 5.75 Å². The van der Waals surface area contributed by atoms with E-state index < -0.39 is 0 Å². The molecule has 0 unspecified atom stereocenters. The van der Waals surface area contributed by atoms with Crippen LogP contribution in [0.3, 0.4) is 0 Å². The molecule has 0 aliphatic heterocycles. The average molecular weight is 186 g/mol. The number of fused-ring (bicyclic) bond motifs is 1. The van der Waals surface area contributed by atoms with E-state index in [0.29, 0.717) is 5.75 Å². The molecule has 3 N–H and O–H groups in total. The van der Waals surface area contributed by atoms with E-state index in [1.165, 1.54) is 11.1 Å². The number of nitrogens with two attached hydrogens (primary N) is 1. The topological polar surface area (TPSA) is 46.2 Å². The molecular formula is C9H12ClNO. The minimum Gasteiger partial charge on any atom is -0.508 e. The molecule has 12 heavy (non-hydrogen) atoms. The summed E-state index contributed by atoms with van der Waals surface area (Å²) in [6.07, 6.45) is 2.02. The van der Waals surface area contributed by atoms with Crippen LogP contribution in [0, 0.1) is 0 Å². The van der Waals surface area contributed by atoms with Gasteiger partial charge in [0.25, 0.3) is 0 Å². The highest BCUT2D eigenvalue weighted by Crippen LogP contribution is 2.31. The molecule has 0 spiro atoms. The Bertz CT molecular complexity index is 288. The van der Waals surface area contributed by atoms with Crippen LogP contribution in [0.1, 0.15) is 23.6 Å². The van der Waals surface area contributed by atoms with Crippen LogP contribution in [0.25, 0.3) is 0 Å². The van der Waals surface area contributed by atoms with Crippen molar-refractivity contribution in [2.24, 2.45) is 5.73 Å². The van der Waals surface area contributed by atoms with Gasteiger partial charge in [0, 0.05) is 6.04 Å². The number of phenols is 1. The Labute approximate surface area is 77.8 Å². The summed E-state index contributed by atoms with van der Waals surface area (Å²) < 4.78 is 0. The molecule has 1 aromatic rings. The average Bonchev–Trinajstić information content (AvgIpc) is 2.32. The lowest BCUT2D eigenvalue weighted by Crippen LogP contribution is -2.04. The Morgan fingerprint density at radius 2 is 2.17 bits per heavy atom. The number of phenolic OH excluding ortho intramolecular Hbond substituents is 1. The zero-order valence-corrected chi connectivity index (χ0v) is 7.47. The van der Waals surface area contributed by atoms with Crippen molar-refractivity contribution < 1.29 is 5.11 Å². The molecule has 2 nitrogen and oxygen atoms in total. The maximum atomic E-state index is 9.14. The number of hydrogen-bond donors (Lipinski definition) is 2. The van der Waals surface area contributed by atoms with Crippen LogP contribution in [-0.2, 0) is 6.42 Å². The lowest BCUT2D eigenvalue weighted by Gasteiger charge is -2.03. The van der Waals surface area contributed by atoms with Gasteiger partial charge >= 0.3 is 0 Å². The summed E-state index contributed by atoms with van der Waals surface area (Å²) in [7, 11) is 0. The van der Waals surface area contributed by atoms with Gasteiger partial charge in [-0.1, -0.05) is 6.07 Å². The Morgan fingerprint density at radius 1 is 1.42 bits per heavy atom. The molecule has 0 bridgehead atoms. The molecule has 0 heterocycles. The molecule has 0 amide bonds. The molecule has 0 radical (unpaired) electrons. The Morgan fingerprint density at radius 3 is 2.92 bits per heavy atom. The molecule has 0 saturated heterocycles. The van der Waals surface area contributed by atoms with E-state index in [1.54, 1.807) is 6.07 Å². The van der Waals surface area contributed by atoms with Gasteiger partial charge in [-0.15, -0.1) is 12.4 Å². The molecule has 3 heteroatoms. The van der Waals surface area contributed by atoms with Gasteiger partial charge in [0.15, 0.2) is 0 Å². The van der Waals surface area contributed by atoms with Crippen molar-refractivity contribution in [3.05, 3.63) is 29.3 Å². The Hall–Kier alpha value is -0.730. The third-order valence-electron chi connectivity index (χ3n) is 2.25. The lowest BCUT2D eigenvalue weighted by atomic mass is 10.1. The summed E-state index contributed by atoms with van der Waals surface area (Å²) >= 11 is 0. The van der Waals surface area contributed by atoms with Crippen molar-refractivity contribution >= 4 is 12.4 Å². The molecule has 0 aromatic heterocycles. The molecule has 1 atom stereocenters. The van der Waals surface area contributed by atoms with Gasteiger partial charge < -0.3 is 10.8 Å². The van der Waals surface area contributed by atoms with Gasteiger partial charge in [-0.25, -0.2) is 0 Å². The summed E-state index contributed by atoms with van der Waals surface area (Å²) in [5.41, 5.74) is 8.22. The minimum absolute atomic E-state index is 0. The van der Waals surface area contributed by atoms with Gasteiger partial charge in [-0.2, -0.15) is 0 Å². The first-order valence-electron chi connectivity index (χ1n) is 3.85. The largest absolute Gasteiger partial charge is 0.508 e. The fourth-order valence-corrected chi connectivity index (χ4v) is 1.64. The van der Waals surface area contributed by atoms with Crippen LogP contribution in [0.15, 0.2) is 18.2 Å². The van der Waals surface area contributed by atoms with Crippen molar-refractivity contribution in [3.8, 4) is 5.75 Å². The maximum Gasteiger partial charge on any atom is 0.115 e. The second-order valence-corrected chi connectivity index (χ2v) is 3.03. The number of aromatic hydroxyl groups is 1. The van der Waals surface area contributed by atoms with Crippen LogP contribution in [0.4, 0.5) is 0 Å². The molecule has 1 aromatic carbocycles. The summed E-state index contributed by atoms with van der Waals surface area (Å²) in [5, 5.41) is 9.14. The van der Waals surface area contributed by atoms with Crippen LogP contribution in [-0.4, -0.2) is 5.11 Å². The molecule has 0 saturated carbocycles. The van der Waals surface area contributed by atoms with Crippen molar-refractivity contribution in [2.45, 2.75) is 18.9 Å². The van der Waals surface area contributed by atoms with Gasteiger partial charge in [0.1, 0.15) is 5.75 Å². The minimum atomic E-state index is 0. The summed E-state index contributed by atoms with van der Waals surface area (Å²) in [5.74, 6) is 0.345. The van der Waals surface area contributed by atoms with E-state index >= 15 is 0 Å². The van der Waals surface area contributed by atoms with Gasteiger partial charge in [0.05, 0.1) is 0 Å². The zero-order chi connectivity index (χ0) is 7.84. The van der Waals surface area contributed by atoms with Crippen molar-refractivity contribution in [3.63, 3.8) is 0 Å². The SMILES string of the molecule is Cl.N[C@H]1CCc2cc(O)ccc21. The van der Waals surface area contributed by atoms with E-state index in [-0.39, 0.29) is 18.4 Å². The van der Waals surface area contributed by atoms with Crippen LogP contribution in [0.2, 0.25) is 0 Å². The number of rotatable bonds is 0. The number of halogens is 1. The molecule has 1 aliphatic carbocycles. The summed E-state index contributed by atoms with van der Waals surface area (Å²) in [6, 6.07) is 5.61. The highest BCUT2D eigenvalue weighted by Gasteiger charge is 2.18. The molecular weight excluding hydrogens is 174 g/mol. The number of benzene rings is 1. The second kappa shape index (κ2) is 3.33. The summed E-state index contributed by atoms with van der Waals surface area (Å²) in [6.45, 7) is 0. The van der Waals surface area contributed by atoms with Gasteiger partial charge in [-0.3, -0.25) is 0 Å². The fraction of sp³-hybridized carbons (Fsp3) is 0.333. The van der Waals surface area contributed by atoms with Crippen molar-refractivity contribution in [2.75, 3.05) is 0 Å². The van der Waals surface area contributed by atoms with E-state index in [1.807, 2.05) is 12.1 Å². The number of aryl methyl sites for hydroxylation is 1. The molecule has 0 fully saturated rings. The Kier molecular flexibility index (Phi) is 2.60. The number of hydrogen-bond acceptors (Lipinski definition) is 2. The first-order valence-corrected chi connectivity index (χ1v) is 3.85. The fourth-order valence-electron chi connectivity index (χ4n) is 1.64. The third-order valence-corrected chi connectivity index (χ3v) is 2.25. The standard InChI is InChI=1S/C9H11NO.ClH/c10-9-4-1-6-5-7(11)2-3-8(6)9;/h2-3,5,9,11H,1,4,10H2;1H/t9-;/m0./s1. The van der Waals surface area contributed by atoms with E-state index in [9.17, 15) is 0 Å². The summed E-state index contributed by atoms with van der Waals surface area (Å²) in [4.78, 5) is 0. The quantitative estimate of drug-likeness (QED) is 0.647. The van der Waals surface area contributed by atoms with Crippen LogP contribution >= 0.6 is 12.4 Å². The molecule has 2 rings (SSSR count). The molecule has 1 aliphatic rings. The third kappa shape index (κ3) is 1.40. The lowest BCUT2D eigenvalue weighted by molar-refractivity contribution is 0.474. The van der Waals surface area contributed by atoms with E-state index in [4.69, 9.17) is 10.8 Å². The first kappa shape index (κ1) is 9.36. The zero-order valence-electron chi connectivity index (χ0n) is 6.66. The molecule has 66 valence electrons. The van der Waals surface area contributed by atoms with Gasteiger partial charge in [0.2, 0.25) is 0 Å². The van der Waals surface area contributed by atoms with Crippen molar-refractivity contribution in [1.29, 1.82) is 0 Å². The normalized spacial score (nSPS) is 19.9. The highest BCUT2D eigenvalue weighted by atomic mass is 35.5. The van der Waals surface area contributed by atoms with Crippen molar-refractivity contribution in [1.82, 2.24) is 0 Å². The predicted octanol–water partition coefficient (Wildman–Crippen LogP) is 1.76. The van der Waals surface area contributed by atoms with Gasteiger partial charge in [-0.05, 0) is 36.1 Å². The monoisotopic (exact) mass is 185 g/mol. The van der Waals surface area contributed by atoms with Crippen LogP contribution < -0.4 is 5.73 Å². The van der Waals surface area contributed by atoms with E-state index in [0.717, 1.165) is 12.8 Å². The second-order valence-electron chi connectivity index (χ2n) is 3.03. The maximum absolute atomic E-state index is 9.14. The van der Waals surface area contributed by atoms with E-state index in [2.05, 4.69) is 0 Å².